The van der Waals surface area contributed by atoms with Crippen molar-refractivity contribution in [1.29, 1.82) is 0 Å². The molecule has 1 aliphatic carbocycles. The van der Waals surface area contributed by atoms with Crippen molar-refractivity contribution in [2.75, 3.05) is 6.54 Å². The predicted octanol–water partition coefficient (Wildman–Crippen LogP) is 1.83. The van der Waals surface area contributed by atoms with E-state index in [1.807, 2.05) is 6.20 Å². The first-order chi connectivity index (χ1) is 6.75. The fraction of sp³-hybridized carbons (Fsp3) is 0.727. The molecule has 0 aromatic carbocycles. The maximum Gasteiger partial charge on any atom is 0.107 e. The molecule has 1 fully saturated rings. The maximum atomic E-state index is 4.36. The highest BCUT2D eigenvalue weighted by Crippen LogP contribution is 2.18. The Kier molecular flexibility index (Phi) is 2.87. The van der Waals surface area contributed by atoms with Crippen LogP contribution in [0.3, 0.4) is 0 Å². The fourth-order valence-electron chi connectivity index (χ4n) is 1.48. The smallest absolute Gasteiger partial charge is 0.107 e. The molecule has 1 aromatic rings. The Morgan fingerprint density at radius 1 is 1.57 bits per heavy atom. The zero-order valence-corrected chi connectivity index (χ0v) is 9.01. The molecule has 1 saturated carbocycles. The van der Waals surface area contributed by atoms with Gasteiger partial charge in [-0.25, -0.2) is 4.98 Å². The van der Waals surface area contributed by atoms with Gasteiger partial charge in [0.1, 0.15) is 5.82 Å². The largest absolute Gasteiger partial charge is 0.346 e. The molecule has 3 nitrogen and oxygen atoms in total. The minimum absolute atomic E-state index is 0.549. The van der Waals surface area contributed by atoms with Crippen LogP contribution in [0.25, 0.3) is 0 Å². The van der Waals surface area contributed by atoms with Crippen molar-refractivity contribution in [2.24, 2.45) is 0 Å². The first-order valence-corrected chi connectivity index (χ1v) is 5.53. The van der Waals surface area contributed by atoms with E-state index in [0.717, 1.165) is 24.8 Å². The van der Waals surface area contributed by atoms with Gasteiger partial charge in [-0.1, -0.05) is 13.8 Å². The van der Waals surface area contributed by atoms with E-state index in [2.05, 4.69) is 29.1 Å². The fourth-order valence-corrected chi connectivity index (χ4v) is 1.48. The monoisotopic (exact) mass is 193 g/mol. The summed E-state index contributed by atoms with van der Waals surface area (Å²) in [6.07, 6.45) is 5.69. The van der Waals surface area contributed by atoms with Gasteiger partial charge in [0.25, 0.3) is 0 Å². The van der Waals surface area contributed by atoms with Crippen molar-refractivity contribution in [3.8, 4) is 0 Å². The second-order valence-electron chi connectivity index (χ2n) is 4.42. The lowest BCUT2D eigenvalue weighted by molar-refractivity contribution is 0.668. The van der Waals surface area contributed by atoms with Gasteiger partial charge in [0.15, 0.2) is 0 Å². The molecule has 0 radical (unpaired) electrons. The van der Waals surface area contributed by atoms with E-state index < -0.39 is 0 Å². The molecule has 3 heteroatoms. The van der Waals surface area contributed by atoms with Crippen LogP contribution in [-0.4, -0.2) is 22.6 Å². The normalized spacial score (nSPS) is 16.5. The molecule has 0 saturated heterocycles. The standard InChI is InChI=1S/C11H19N3/c1-8(2)10-7-13-11(14-10)5-6-12-9-3-4-9/h7-9,12H,3-6H2,1-2H3,(H,13,14). The van der Waals surface area contributed by atoms with E-state index in [9.17, 15) is 0 Å². The number of rotatable bonds is 5. The van der Waals surface area contributed by atoms with Crippen LogP contribution in [0.4, 0.5) is 0 Å². The van der Waals surface area contributed by atoms with Crippen molar-refractivity contribution in [1.82, 2.24) is 15.3 Å². The van der Waals surface area contributed by atoms with E-state index in [1.54, 1.807) is 0 Å². The predicted molar refractivity (Wildman–Crippen MR) is 57.4 cm³/mol. The van der Waals surface area contributed by atoms with Crippen molar-refractivity contribution >= 4 is 0 Å². The van der Waals surface area contributed by atoms with Crippen molar-refractivity contribution in [2.45, 2.75) is 45.1 Å². The van der Waals surface area contributed by atoms with E-state index in [1.165, 1.54) is 18.5 Å². The first-order valence-electron chi connectivity index (χ1n) is 5.53. The molecule has 2 rings (SSSR count). The summed E-state index contributed by atoms with van der Waals surface area (Å²) in [7, 11) is 0. The van der Waals surface area contributed by atoms with Crippen LogP contribution in [0.2, 0.25) is 0 Å². The molecule has 1 aliphatic rings. The lowest BCUT2D eigenvalue weighted by atomic mass is 10.2. The Morgan fingerprint density at radius 3 is 2.93 bits per heavy atom. The lowest BCUT2D eigenvalue weighted by Crippen LogP contribution is -2.19. The summed E-state index contributed by atoms with van der Waals surface area (Å²) in [4.78, 5) is 7.71. The number of hydrogen-bond acceptors (Lipinski definition) is 2. The minimum Gasteiger partial charge on any atom is -0.346 e. The van der Waals surface area contributed by atoms with Crippen LogP contribution in [0.1, 0.15) is 44.1 Å². The highest BCUT2D eigenvalue weighted by molar-refractivity contribution is 5.05. The molecule has 0 atom stereocenters. The second-order valence-corrected chi connectivity index (χ2v) is 4.42. The highest BCUT2D eigenvalue weighted by Gasteiger charge is 2.19. The average molecular weight is 193 g/mol. The molecule has 2 N–H and O–H groups in total. The van der Waals surface area contributed by atoms with Crippen LogP contribution < -0.4 is 5.32 Å². The molecule has 0 aliphatic heterocycles. The molecule has 0 spiro atoms. The summed E-state index contributed by atoms with van der Waals surface area (Å²) >= 11 is 0. The number of nitrogens with zero attached hydrogens (tertiary/aromatic N) is 1. The molecular formula is C11H19N3. The van der Waals surface area contributed by atoms with Gasteiger partial charge in [-0.3, -0.25) is 0 Å². The summed E-state index contributed by atoms with van der Waals surface area (Å²) < 4.78 is 0. The van der Waals surface area contributed by atoms with Crippen LogP contribution in [-0.2, 0) is 6.42 Å². The molecular weight excluding hydrogens is 174 g/mol. The summed E-state index contributed by atoms with van der Waals surface area (Å²) in [6, 6.07) is 0.800. The number of H-pyrrole nitrogens is 1. The molecule has 1 aromatic heterocycles. The lowest BCUT2D eigenvalue weighted by Gasteiger charge is -2.00. The van der Waals surface area contributed by atoms with Gasteiger partial charge < -0.3 is 10.3 Å². The minimum atomic E-state index is 0.549. The zero-order chi connectivity index (χ0) is 9.97. The van der Waals surface area contributed by atoms with Gasteiger partial charge in [0, 0.05) is 30.9 Å². The third-order valence-electron chi connectivity index (χ3n) is 2.64. The third kappa shape index (κ3) is 2.58. The zero-order valence-electron chi connectivity index (χ0n) is 9.01. The quantitative estimate of drug-likeness (QED) is 0.749. The van der Waals surface area contributed by atoms with Crippen LogP contribution in [0.15, 0.2) is 6.20 Å². The SMILES string of the molecule is CC(C)c1cnc(CCNC2CC2)[nH]1. The van der Waals surface area contributed by atoms with Gasteiger partial charge in [0.05, 0.1) is 0 Å². The number of aromatic nitrogens is 2. The van der Waals surface area contributed by atoms with E-state index in [-0.39, 0.29) is 0 Å². The van der Waals surface area contributed by atoms with E-state index in [4.69, 9.17) is 0 Å². The molecule has 0 unspecified atom stereocenters. The Bertz CT molecular complexity index is 286. The Hall–Kier alpha value is -0.830. The summed E-state index contributed by atoms with van der Waals surface area (Å²) in [5, 5.41) is 3.48. The highest BCUT2D eigenvalue weighted by atomic mass is 15.0. The number of hydrogen-bond donors (Lipinski definition) is 2. The average Bonchev–Trinajstić information content (AvgIpc) is 2.82. The topological polar surface area (TPSA) is 40.7 Å². The summed E-state index contributed by atoms with van der Waals surface area (Å²) in [5.41, 5.74) is 1.24. The number of imidazole rings is 1. The van der Waals surface area contributed by atoms with Gasteiger partial charge in [0.2, 0.25) is 0 Å². The van der Waals surface area contributed by atoms with Gasteiger partial charge >= 0.3 is 0 Å². The first kappa shape index (κ1) is 9.71. The van der Waals surface area contributed by atoms with Crippen molar-refractivity contribution in [3.05, 3.63) is 17.7 Å². The van der Waals surface area contributed by atoms with Gasteiger partial charge in [-0.2, -0.15) is 0 Å². The Labute approximate surface area is 85.3 Å². The molecule has 78 valence electrons. The third-order valence-corrected chi connectivity index (χ3v) is 2.64. The van der Waals surface area contributed by atoms with Crippen molar-refractivity contribution in [3.63, 3.8) is 0 Å². The molecule has 14 heavy (non-hydrogen) atoms. The molecule has 1 heterocycles. The Morgan fingerprint density at radius 2 is 2.36 bits per heavy atom. The second kappa shape index (κ2) is 4.13. The molecule has 0 bridgehead atoms. The number of nitrogens with one attached hydrogen (secondary N) is 2. The summed E-state index contributed by atoms with van der Waals surface area (Å²) in [5.74, 6) is 1.66. The van der Waals surface area contributed by atoms with E-state index in [0.29, 0.717) is 5.92 Å². The maximum absolute atomic E-state index is 4.36. The number of aromatic amines is 1. The van der Waals surface area contributed by atoms with Crippen molar-refractivity contribution < 1.29 is 0 Å². The summed E-state index contributed by atoms with van der Waals surface area (Å²) in [6.45, 7) is 5.41. The van der Waals surface area contributed by atoms with Gasteiger partial charge in [-0.15, -0.1) is 0 Å². The molecule has 0 amide bonds. The van der Waals surface area contributed by atoms with Crippen LogP contribution in [0.5, 0.6) is 0 Å². The van der Waals surface area contributed by atoms with E-state index >= 15 is 0 Å². The van der Waals surface area contributed by atoms with Crippen LogP contribution in [0, 0.1) is 0 Å². The Balaban J connectivity index is 1.77. The van der Waals surface area contributed by atoms with Gasteiger partial charge in [-0.05, 0) is 18.8 Å². The van der Waals surface area contributed by atoms with Crippen LogP contribution >= 0.6 is 0 Å².